The van der Waals surface area contributed by atoms with Crippen LogP contribution in [0.3, 0.4) is 0 Å². The molecule has 0 aromatic heterocycles. The van der Waals surface area contributed by atoms with Crippen LogP contribution in [0.5, 0.6) is 0 Å². The minimum absolute atomic E-state index is 0.0534. The molecule has 0 spiro atoms. The topological polar surface area (TPSA) is 86.8 Å². The van der Waals surface area contributed by atoms with Crippen molar-refractivity contribution >= 4 is 27.5 Å². The summed E-state index contributed by atoms with van der Waals surface area (Å²) in [6, 6.07) is 20.5. The summed E-state index contributed by atoms with van der Waals surface area (Å²) in [6.07, 6.45) is 0.750. The summed E-state index contributed by atoms with van der Waals surface area (Å²) >= 11 is 0. The highest BCUT2D eigenvalue weighted by molar-refractivity contribution is 7.92. The Morgan fingerprint density at radius 2 is 1.44 bits per heavy atom. The lowest BCUT2D eigenvalue weighted by Crippen LogP contribution is -2.52. The number of aryl methyl sites for hydroxylation is 3. The summed E-state index contributed by atoms with van der Waals surface area (Å²) in [4.78, 5) is 28.6. The van der Waals surface area contributed by atoms with Gasteiger partial charge in [0.2, 0.25) is 11.8 Å². The van der Waals surface area contributed by atoms with Gasteiger partial charge in [0, 0.05) is 12.6 Å². The third-order valence-electron chi connectivity index (χ3n) is 6.75. The smallest absolute Gasteiger partial charge is 0.264 e. The molecule has 7 nitrogen and oxygen atoms in total. The van der Waals surface area contributed by atoms with E-state index in [2.05, 4.69) is 5.32 Å². The van der Waals surface area contributed by atoms with Crippen molar-refractivity contribution in [2.75, 3.05) is 10.8 Å². The summed E-state index contributed by atoms with van der Waals surface area (Å²) in [5, 5.41) is 2.95. The number of carbonyl (C=O) groups is 2. The van der Waals surface area contributed by atoms with E-state index in [9.17, 15) is 18.0 Å². The highest BCUT2D eigenvalue weighted by Crippen LogP contribution is 2.27. The van der Waals surface area contributed by atoms with Crippen LogP contribution in [0.4, 0.5) is 5.69 Å². The molecule has 3 aromatic carbocycles. The summed E-state index contributed by atoms with van der Waals surface area (Å²) in [5.74, 6) is -0.756. The first-order chi connectivity index (χ1) is 18.4. The Balaban J connectivity index is 2.04. The van der Waals surface area contributed by atoms with Crippen LogP contribution in [0, 0.1) is 20.8 Å². The summed E-state index contributed by atoms with van der Waals surface area (Å²) in [6.45, 7) is 10.9. The SMILES string of the molecule is CC[C@@H](C)NC(=O)[C@@H](C)N(Cc1ccccc1)C(=O)CN(c1cc(C)cc(C)c1)S(=O)(=O)c1ccc(C)cc1. The first-order valence-electron chi connectivity index (χ1n) is 13.2. The Labute approximate surface area is 232 Å². The van der Waals surface area contributed by atoms with Gasteiger partial charge in [-0.1, -0.05) is 61.0 Å². The lowest BCUT2D eigenvalue weighted by Gasteiger charge is -2.32. The van der Waals surface area contributed by atoms with Crippen LogP contribution in [0.2, 0.25) is 0 Å². The molecular formula is C31H39N3O4S. The van der Waals surface area contributed by atoms with E-state index >= 15 is 0 Å². The van der Waals surface area contributed by atoms with Crippen molar-refractivity contribution in [3.63, 3.8) is 0 Å². The van der Waals surface area contributed by atoms with Gasteiger partial charge in [0.25, 0.3) is 10.0 Å². The number of sulfonamides is 1. The normalized spacial score (nSPS) is 12.9. The van der Waals surface area contributed by atoms with Gasteiger partial charge in [0.15, 0.2) is 0 Å². The molecule has 208 valence electrons. The van der Waals surface area contributed by atoms with Gasteiger partial charge < -0.3 is 10.2 Å². The molecule has 39 heavy (non-hydrogen) atoms. The molecule has 0 bridgehead atoms. The Hall–Kier alpha value is -3.65. The van der Waals surface area contributed by atoms with Gasteiger partial charge in [-0.3, -0.25) is 13.9 Å². The molecule has 0 saturated heterocycles. The van der Waals surface area contributed by atoms with E-state index in [0.29, 0.717) is 5.69 Å². The molecule has 3 rings (SSSR count). The van der Waals surface area contributed by atoms with Crippen LogP contribution in [0.15, 0.2) is 77.7 Å². The molecule has 2 atom stereocenters. The predicted molar refractivity (Wildman–Crippen MR) is 156 cm³/mol. The molecule has 0 fully saturated rings. The van der Waals surface area contributed by atoms with E-state index in [4.69, 9.17) is 0 Å². The lowest BCUT2D eigenvalue weighted by molar-refractivity contribution is -0.139. The second-order valence-electron chi connectivity index (χ2n) is 10.2. The fourth-order valence-corrected chi connectivity index (χ4v) is 5.69. The Bertz CT molecular complexity index is 1370. The van der Waals surface area contributed by atoms with E-state index < -0.39 is 28.5 Å². The molecule has 0 aliphatic rings. The van der Waals surface area contributed by atoms with Gasteiger partial charge in [-0.05, 0) is 82.0 Å². The number of carbonyl (C=O) groups excluding carboxylic acids is 2. The predicted octanol–water partition coefficient (Wildman–Crippen LogP) is 5.14. The van der Waals surface area contributed by atoms with Crippen LogP contribution < -0.4 is 9.62 Å². The molecule has 1 N–H and O–H groups in total. The number of rotatable bonds is 11. The number of benzene rings is 3. The summed E-state index contributed by atoms with van der Waals surface area (Å²) < 4.78 is 29.0. The van der Waals surface area contributed by atoms with Gasteiger partial charge in [-0.25, -0.2) is 8.42 Å². The molecule has 0 saturated carbocycles. The number of nitrogens with one attached hydrogen (secondary N) is 1. The average Bonchev–Trinajstić information content (AvgIpc) is 2.89. The zero-order valence-corrected chi connectivity index (χ0v) is 24.5. The van der Waals surface area contributed by atoms with Gasteiger partial charge in [0.05, 0.1) is 10.6 Å². The number of anilines is 1. The van der Waals surface area contributed by atoms with Gasteiger partial charge in [-0.15, -0.1) is 0 Å². The van der Waals surface area contributed by atoms with Gasteiger partial charge in [-0.2, -0.15) is 0 Å². The van der Waals surface area contributed by atoms with Crippen molar-refractivity contribution < 1.29 is 18.0 Å². The van der Waals surface area contributed by atoms with E-state index in [1.54, 1.807) is 43.3 Å². The summed E-state index contributed by atoms with van der Waals surface area (Å²) in [7, 11) is -4.09. The molecule has 0 heterocycles. The Morgan fingerprint density at radius 3 is 2.00 bits per heavy atom. The Kier molecular flexibility index (Phi) is 9.92. The molecule has 0 aliphatic carbocycles. The molecule has 0 aliphatic heterocycles. The van der Waals surface area contributed by atoms with E-state index in [0.717, 1.165) is 33.0 Å². The van der Waals surface area contributed by atoms with Gasteiger partial charge >= 0.3 is 0 Å². The van der Waals surface area contributed by atoms with Crippen molar-refractivity contribution in [1.82, 2.24) is 10.2 Å². The molecule has 8 heteroatoms. The molecule has 0 unspecified atom stereocenters. The maximum atomic E-state index is 14.0. The quantitative estimate of drug-likeness (QED) is 0.359. The zero-order valence-electron chi connectivity index (χ0n) is 23.6. The molecule has 2 amide bonds. The van der Waals surface area contributed by atoms with Crippen LogP contribution in [0.25, 0.3) is 0 Å². The molecular weight excluding hydrogens is 510 g/mol. The fourth-order valence-electron chi connectivity index (χ4n) is 4.29. The second-order valence-corrected chi connectivity index (χ2v) is 12.0. The minimum Gasteiger partial charge on any atom is -0.352 e. The standard InChI is InChI=1S/C31H39N3O4S/c1-7-25(5)32-31(36)26(6)33(20-27-11-9-8-10-12-27)30(35)21-34(28-18-23(3)17-24(4)19-28)39(37,38)29-15-13-22(2)14-16-29/h8-19,25-26H,7,20-21H2,1-6H3,(H,32,36)/t25-,26-/m1/s1. The zero-order chi connectivity index (χ0) is 28.7. The number of hydrogen-bond acceptors (Lipinski definition) is 4. The number of amides is 2. The average molecular weight is 550 g/mol. The minimum atomic E-state index is -4.09. The second kappa shape index (κ2) is 12.9. The maximum absolute atomic E-state index is 14.0. The van der Waals surface area contributed by atoms with Crippen molar-refractivity contribution in [1.29, 1.82) is 0 Å². The highest BCUT2D eigenvalue weighted by atomic mass is 32.2. The number of nitrogens with zero attached hydrogens (tertiary/aromatic N) is 2. The van der Waals surface area contributed by atoms with E-state index in [1.165, 1.54) is 4.90 Å². The first kappa shape index (κ1) is 29.9. The van der Waals surface area contributed by atoms with Crippen LogP contribution in [-0.2, 0) is 26.2 Å². The number of hydrogen-bond donors (Lipinski definition) is 1. The van der Waals surface area contributed by atoms with Crippen molar-refractivity contribution in [2.24, 2.45) is 0 Å². The monoisotopic (exact) mass is 549 g/mol. The van der Waals surface area contributed by atoms with E-state index in [1.807, 2.05) is 71.0 Å². The Morgan fingerprint density at radius 1 is 0.846 bits per heavy atom. The van der Waals surface area contributed by atoms with Crippen molar-refractivity contribution in [2.45, 2.75) is 71.5 Å². The van der Waals surface area contributed by atoms with Crippen molar-refractivity contribution in [3.8, 4) is 0 Å². The molecule has 3 aromatic rings. The third kappa shape index (κ3) is 7.69. The van der Waals surface area contributed by atoms with E-state index in [-0.39, 0.29) is 23.4 Å². The fraction of sp³-hybridized carbons (Fsp3) is 0.355. The van der Waals surface area contributed by atoms with Gasteiger partial charge in [0.1, 0.15) is 12.6 Å². The van der Waals surface area contributed by atoms with Crippen LogP contribution in [0.1, 0.15) is 49.4 Å². The van der Waals surface area contributed by atoms with Crippen molar-refractivity contribution in [3.05, 3.63) is 95.1 Å². The summed E-state index contributed by atoms with van der Waals surface area (Å²) in [5.41, 5.74) is 3.93. The van der Waals surface area contributed by atoms with Crippen LogP contribution >= 0.6 is 0 Å². The highest BCUT2D eigenvalue weighted by Gasteiger charge is 2.33. The first-order valence-corrected chi connectivity index (χ1v) is 14.7. The molecule has 0 radical (unpaired) electrons. The van der Waals surface area contributed by atoms with Crippen LogP contribution in [-0.4, -0.2) is 43.8 Å². The maximum Gasteiger partial charge on any atom is 0.264 e. The third-order valence-corrected chi connectivity index (χ3v) is 8.53. The largest absolute Gasteiger partial charge is 0.352 e. The lowest BCUT2D eigenvalue weighted by atomic mass is 10.1.